The van der Waals surface area contributed by atoms with Crippen LogP contribution in [0.4, 0.5) is 0 Å². The van der Waals surface area contributed by atoms with Gasteiger partial charge in [-0.15, -0.1) is 0 Å². The number of carbonyl (C=O) groups is 1. The van der Waals surface area contributed by atoms with E-state index in [2.05, 4.69) is 48.3 Å². The Hall–Kier alpha value is -3.66. The van der Waals surface area contributed by atoms with E-state index in [0.29, 0.717) is 12.0 Å². The number of aromatic amines is 1. The van der Waals surface area contributed by atoms with Crippen LogP contribution >= 0.6 is 0 Å². The van der Waals surface area contributed by atoms with Gasteiger partial charge in [-0.3, -0.25) is 4.79 Å². The summed E-state index contributed by atoms with van der Waals surface area (Å²) in [5, 5.41) is 7.60. The maximum Gasteiger partial charge on any atom is 0.274 e. The Morgan fingerprint density at radius 2 is 1.69 bits per heavy atom. The van der Waals surface area contributed by atoms with Gasteiger partial charge in [0.25, 0.3) is 5.91 Å². The van der Waals surface area contributed by atoms with Crippen molar-refractivity contribution in [3.63, 3.8) is 0 Å². The van der Waals surface area contributed by atoms with E-state index in [1.165, 1.54) is 5.56 Å². The fourth-order valence-electron chi connectivity index (χ4n) is 3.93. The van der Waals surface area contributed by atoms with Crippen LogP contribution in [0.2, 0.25) is 0 Å². The SMILES string of the molecule is Cc1ccc(C2CC(c3c[nH]c4ccccc34)=NN2C(=O)c2ccccc2)cc1. The van der Waals surface area contributed by atoms with Crippen LogP contribution in [0.5, 0.6) is 0 Å². The van der Waals surface area contributed by atoms with Crippen molar-refractivity contribution in [2.45, 2.75) is 19.4 Å². The third kappa shape index (κ3) is 3.13. The van der Waals surface area contributed by atoms with Crippen LogP contribution < -0.4 is 0 Å². The lowest BCUT2D eigenvalue weighted by Gasteiger charge is -2.22. The Labute approximate surface area is 169 Å². The molecule has 0 radical (unpaired) electrons. The molecule has 0 saturated heterocycles. The molecule has 1 amide bonds. The Bertz CT molecular complexity index is 1210. The number of rotatable bonds is 3. The van der Waals surface area contributed by atoms with Crippen molar-refractivity contribution >= 4 is 22.5 Å². The molecule has 29 heavy (non-hydrogen) atoms. The molecule has 4 heteroatoms. The first-order valence-corrected chi connectivity index (χ1v) is 9.80. The molecule has 0 aliphatic carbocycles. The largest absolute Gasteiger partial charge is 0.360 e. The van der Waals surface area contributed by atoms with E-state index in [4.69, 9.17) is 5.10 Å². The Morgan fingerprint density at radius 3 is 2.48 bits per heavy atom. The first-order valence-electron chi connectivity index (χ1n) is 9.80. The van der Waals surface area contributed by atoms with Crippen molar-refractivity contribution in [1.29, 1.82) is 0 Å². The molecule has 1 unspecified atom stereocenters. The van der Waals surface area contributed by atoms with Gasteiger partial charge >= 0.3 is 0 Å². The molecule has 1 aromatic heterocycles. The summed E-state index contributed by atoms with van der Waals surface area (Å²) in [5.41, 5.74) is 6.00. The number of nitrogens with one attached hydrogen (secondary N) is 1. The monoisotopic (exact) mass is 379 g/mol. The third-order valence-electron chi connectivity index (χ3n) is 5.50. The fourth-order valence-corrected chi connectivity index (χ4v) is 3.93. The number of para-hydroxylation sites is 1. The summed E-state index contributed by atoms with van der Waals surface area (Å²) in [6.45, 7) is 2.07. The Balaban J connectivity index is 1.58. The lowest BCUT2D eigenvalue weighted by atomic mass is 9.97. The second-order valence-electron chi connectivity index (χ2n) is 7.44. The minimum Gasteiger partial charge on any atom is -0.360 e. The number of hydrazone groups is 1. The highest BCUT2D eigenvalue weighted by Gasteiger charge is 2.34. The van der Waals surface area contributed by atoms with E-state index in [-0.39, 0.29) is 11.9 Å². The number of amides is 1. The van der Waals surface area contributed by atoms with Crippen LogP contribution in [0.1, 0.15) is 39.5 Å². The van der Waals surface area contributed by atoms with Gasteiger partial charge in [-0.1, -0.05) is 66.2 Å². The van der Waals surface area contributed by atoms with Crippen molar-refractivity contribution in [3.05, 3.63) is 107 Å². The standard InChI is InChI=1S/C25H21N3O/c1-17-11-13-18(14-12-17)24-15-23(21-16-26-22-10-6-5-9-20(21)22)27-28(24)25(29)19-7-3-2-4-8-19/h2-14,16,24,26H,15H2,1H3. The van der Waals surface area contributed by atoms with Gasteiger partial charge in [0.1, 0.15) is 0 Å². The summed E-state index contributed by atoms with van der Waals surface area (Å²) in [6.07, 6.45) is 2.68. The van der Waals surface area contributed by atoms with Crippen LogP contribution in [0.15, 0.2) is 90.2 Å². The first kappa shape index (κ1) is 17.4. The van der Waals surface area contributed by atoms with Crippen LogP contribution in [0.3, 0.4) is 0 Å². The molecule has 3 aromatic carbocycles. The van der Waals surface area contributed by atoms with Gasteiger partial charge in [-0.05, 0) is 30.7 Å². The van der Waals surface area contributed by atoms with E-state index in [1.54, 1.807) is 5.01 Å². The summed E-state index contributed by atoms with van der Waals surface area (Å²) < 4.78 is 0. The predicted octanol–water partition coefficient (Wildman–Crippen LogP) is 5.47. The summed E-state index contributed by atoms with van der Waals surface area (Å²) in [7, 11) is 0. The third-order valence-corrected chi connectivity index (χ3v) is 5.50. The lowest BCUT2D eigenvalue weighted by molar-refractivity contribution is 0.0711. The number of carbonyl (C=O) groups excluding carboxylic acids is 1. The normalized spacial score (nSPS) is 16.2. The number of hydrogen-bond donors (Lipinski definition) is 1. The zero-order chi connectivity index (χ0) is 19.8. The summed E-state index contributed by atoms with van der Waals surface area (Å²) >= 11 is 0. The second-order valence-corrected chi connectivity index (χ2v) is 7.44. The fraction of sp³-hybridized carbons (Fsp3) is 0.120. The van der Waals surface area contributed by atoms with E-state index in [0.717, 1.165) is 27.7 Å². The highest BCUT2D eigenvalue weighted by Crippen LogP contribution is 2.35. The summed E-state index contributed by atoms with van der Waals surface area (Å²) in [5.74, 6) is -0.0778. The number of hydrogen-bond acceptors (Lipinski definition) is 2. The average molecular weight is 379 g/mol. The number of benzene rings is 3. The Kier molecular flexibility index (Phi) is 4.24. The maximum atomic E-state index is 13.3. The quantitative estimate of drug-likeness (QED) is 0.504. The molecule has 4 nitrogen and oxygen atoms in total. The average Bonchev–Trinajstić information content (AvgIpc) is 3.39. The molecule has 0 fully saturated rings. The molecular weight excluding hydrogens is 358 g/mol. The molecule has 2 heterocycles. The zero-order valence-electron chi connectivity index (χ0n) is 16.2. The number of aryl methyl sites for hydroxylation is 1. The van der Waals surface area contributed by atoms with Crippen molar-refractivity contribution in [1.82, 2.24) is 9.99 Å². The minimum absolute atomic E-state index is 0.0778. The van der Waals surface area contributed by atoms with Crippen molar-refractivity contribution in [2.24, 2.45) is 5.10 Å². The maximum absolute atomic E-state index is 13.3. The number of H-pyrrole nitrogens is 1. The molecule has 4 aromatic rings. The molecule has 142 valence electrons. The number of nitrogens with zero attached hydrogens (tertiary/aromatic N) is 2. The molecule has 0 bridgehead atoms. The molecule has 1 aliphatic heterocycles. The smallest absolute Gasteiger partial charge is 0.274 e. The molecule has 0 saturated carbocycles. The molecule has 1 aliphatic rings. The predicted molar refractivity (Wildman–Crippen MR) is 116 cm³/mol. The van der Waals surface area contributed by atoms with E-state index in [1.807, 2.05) is 48.7 Å². The Morgan fingerprint density at radius 1 is 0.966 bits per heavy atom. The summed E-state index contributed by atoms with van der Waals surface area (Å²) in [6, 6.07) is 25.8. The summed E-state index contributed by atoms with van der Waals surface area (Å²) in [4.78, 5) is 16.6. The van der Waals surface area contributed by atoms with Crippen LogP contribution in [0.25, 0.3) is 10.9 Å². The van der Waals surface area contributed by atoms with Crippen LogP contribution in [0, 0.1) is 6.92 Å². The number of fused-ring (bicyclic) bond motifs is 1. The van der Waals surface area contributed by atoms with Crippen molar-refractivity contribution < 1.29 is 4.79 Å². The molecular formula is C25H21N3O. The zero-order valence-corrected chi connectivity index (χ0v) is 16.2. The topological polar surface area (TPSA) is 48.5 Å². The first-order chi connectivity index (χ1) is 14.2. The van der Waals surface area contributed by atoms with Gasteiger partial charge < -0.3 is 4.98 Å². The number of aromatic nitrogens is 1. The highest BCUT2D eigenvalue weighted by atomic mass is 16.2. The molecule has 5 rings (SSSR count). The van der Waals surface area contributed by atoms with Gasteiger partial charge in [-0.2, -0.15) is 5.10 Å². The van der Waals surface area contributed by atoms with Gasteiger partial charge in [0.15, 0.2) is 0 Å². The van der Waals surface area contributed by atoms with Crippen molar-refractivity contribution in [2.75, 3.05) is 0 Å². The van der Waals surface area contributed by atoms with Gasteiger partial charge in [0, 0.05) is 34.6 Å². The molecule has 0 spiro atoms. The highest BCUT2D eigenvalue weighted by molar-refractivity contribution is 6.12. The minimum atomic E-state index is -0.119. The van der Waals surface area contributed by atoms with Gasteiger partial charge in [-0.25, -0.2) is 5.01 Å². The van der Waals surface area contributed by atoms with E-state index >= 15 is 0 Å². The van der Waals surface area contributed by atoms with Gasteiger partial charge in [0.05, 0.1) is 11.8 Å². The van der Waals surface area contributed by atoms with Crippen molar-refractivity contribution in [3.8, 4) is 0 Å². The molecule has 1 atom stereocenters. The van der Waals surface area contributed by atoms with E-state index < -0.39 is 0 Å². The van der Waals surface area contributed by atoms with Crippen LogP contribution in [-0.4, -0.2) is 21.6 Å². The van der Waals surface area contributed by atoms with Crippen LogP contribution in [-0.2, 0) is 0 Å². The molecule has 1 N–H and O–H groups in total. The lowest BCUT2D eigenvalue weighted by Crippen LogP contribution is -2.27. The van der Waals surface area contributed by atoms with E-state index in [9.17, 15) is 4.79 Å². The van der Waals surface area contributed by atoms with Gasteiger partial charge in [0.2, 0.25) is 0 Å². The second kappa shape index (κ2) is 7.06.